The highest BCUT2D eigenvalue weighted by atomic mass is 16.5. The number of carbonyl (C=O) groups is 2. The number of ether oxygens (including phenoxy) is 2. The largest absolute Gasteiger partial charge is 0.494 e. The number of nitrogens with one attached hydrogen (secondary N) is 1. The van der Waals surface area contributed by atoms with E-state index in [4.69, 9.17) is 9.47 Å². The summed E-state index contributed by atoms with van der Waals surface area (Å²) in [5.74, 6) is 0.659. The third-order valence-corrected chi connectivity index (χ3v) is 5.92. The number of hydrogen-bond donors (Lipinski definition) is 1. The van der Waals surface area contributed by atoms with Crippen LogP contribution in [0.5, 0.6) is 5.75 Å². The van der Waals surface area contributed by atoms with Crippen LogP contribution in [0.25, 0.3) is 0 Å². The number of nitrogens with zero attached hydrogens (tertiary/aromatic N) is 1. The average Bonchev–Trinajstić information content (AvgIpc) is 2.87. The minimum absolute atomic E-state index is 0.0103. The Kier molecular flexibility index (Phi) is 15.0. The molecule has 1 N–H and O–H groups in total. The van der Waals surface area contributed by atoms with Crippen molar-refractivity contribution in [2.24, 2.45) is 0 Å². The third kappa shape index (κ3) is 14.5. The van der Waals surface area contributed by atoms with E-state index in [0.29, 0.717) is 13.0 Å². The van der Waals surface area contributed by atoms with Crippen LogP contribution in [0.3, 0.4) is 0 Å². The summed E-state index contributed by atoms with van der Waals surface area (Å²) < 4.78 is 11.1. The van der Waals surface area contributed by atoms with Crippen LogP contribution in [-0.2, 0) is 20.9 Å². The van der Waals surface area contributed by atoms with Crippen molar-refractivity contribution in [3.63, 3.8) is 0 Å². The molecule has 0 aliphatic carbocycles. The van der Waals surface area contributed by atoms with E-state index in [1.54, 1.807) is 0 Å². The molecule has 1 amide bonds. The predicted molar refractivity (Wildman–Crippen MR) is 145 cm³/mol. The molecule has 2 rings (SSSR count). The molecule has 0 unspecified atom stereocenters. The van der Waals surface area contributed by atoms with Gasteiger partial charge in [0.2, 0.25) is 5.91 Å². The van der Waals surface area contributed by atoms with Crippen LogP contribution in [0.4, 0.5) is 0 Å². The molecule has 0 saturated heterocycles. The summed E-state index contributed by atoms with van der Waals surface area (Å²) in [7, 11) is 3.87. The lowest BCUT2D eigenvalue weighted by atomic mass is 10.1. The number of rotatable bonds is 19. The van der Waals surface area contributed by atoms with Gasteiger partial charge in [-0.2, -0.15) is 0 Å². The van der Waals surface area contributed by atoms with Crippen molar-refractivity contribution < 1.29 is 19.1 Å². The summed E-state index contributed by atoms with van der Waals surface area (Å²) in [6.07, 6.45) is 9.70. The number of likely N-dealkylation sites (N-methyl/N-ethyl adjacent to an activating group) is 1. The van der Waals surface area contributed by atoms with Crippen LogP contribution in [-0.4, -0.2) is 50.1 Å². The molecule has 0 aromatic heterocycles. The molecule has 0 saturated carbocycles. The standard InChI is InChI=1S/C30H44N2O4/c1-32(2)24-27(23-30(34)36-25-26-17-11-9-12-18-26)31-29(33)21-15-7-5-3-4-6-8-16-22-35-28-19-13-10-14-20-28/h9-14,17-20,27H,3-8,15-16,21-25H2,1-2H3,(H,31,33)/t27-/m1/s1. The number of carbonyl (C=O) groups excluding carboxylic acids is 2. The van der Waals surface area contributed by atoms with Gasteiger partial charge in [0, 0.05) is 13.0 Å². The fourth-order valence-corrected chi connectivity index (χ4v) is 4.06. The monoisotopic (exact) mass is 496 g/mol. The smallest absolute Gasteiger partial charge is 0.308 e. The van der Waals surface area contributed by atoms with Gasteiger partial charge in [0.05, 0.1) is 19.1 Å². The molecule has 0 aliphatic heterocycles. The maximum atomic E-state index is 12.4. The highest BCUT2D eigenvalue weighted by Crippen LogP contribution is 2.12. The number of esters is 1. The SMILES string of the molecule is CN(C)C[C@@H](CC(=O)OCc1ccccc1)NC(=O)CCCCCCCCCCOc1ccccc1. The first kappa shape index (κ1) is 29.4. The topological polar surface area (TPSA) is 67.9 Å². The Labute approximate surface area is 217 Å². The van der Waals surface area contributed by atoms with Gasteiger partial charge in [0.25, 0.3) is 0 Å². The molecule has 0 spiro atoms. The fourth-order valence-electron chi connectivity index (χ4n) is 4.06. The summed E-state index contributed by atoms with van der Waals surface area (Å²) in [6, 6.07) is 19.3. The van der Waals surface area contributed by atoms with E-state index < -0.39 is 0 Å². The average molecular weight is 497 g/mol. The second-order valence-electron chi connectivity index (χ2n) is 9.62. The molecule has 2 aromatic rings. The van der Waals surface area contributed by atoms with E-state index >= 15 is 0 Å². The third-order valence-electron chi connectivity index (χ3n) is 5.92. The summed E-state index contributed by atoms with van der Waals surface area (Å²) in [5, 5.41) is 3.03. The van der Waals surface area contributed by atoms with Gasteiger partial charge in [-0.15, -0.1) is 0 Å². The van der Waals surface area contributed by atoms with Gasteiger partial charge >= 0.3 is 5.97 Å². The maximum absolute atomic E-state index is 12.4. The zero-order valence-corrected chi connectivity index (χ0v) is 22.1. The number of amides is 1. The summed E-state index contributed by atoms with van der Waals surface area (Å²) in [6.45, 7) is 1.63. The molecular weight excluding hydrogens is 452 g/mol. The van der Waals surface area contributed by atoms with Crippen LogP contribution in [0.1, 0.15) is 69.8 Å². The van der Waals surface area contributed by atoms with Gasteiger partial charge in [0.15, 0.2) is 0 Å². The van der Waals surface area contributed by atoms with Gasteiger partial charge < -0.3 is 19.7 Å². The van der Waals surface area contributed by atoms with E-state index in [0.717, 1.165) is 43.6 Å². The molecule has 36 heavy (non-hydrogen) atoms. The second kappa shape index (κ2) is 18.4. The molecular formula is C30H44N2O4. The molecule has 6 nitrogen and oxygen atoms in total. The lowest BCUT2D eigenvalue weighted by Crippen LogP contribution is -2.43. The summed E-state index contributed by atoms with van der Waals surface area (Å²) >= 11 is 0. The molecule has 1 atom stereocenters. The van der Waals surface area contributed by atoms with Crippen molar-refractivity contribution in [1.29, 1.82) is 0 Å². The number of para-hydroxylation sites is 1. The van der Waals surface area contributed by atoms with Gasteiger partial charge in [-0.25, -0.2) is 0 Å². The first-order valence-corrected chi connectivity index (χ1v) is 13.3. The minimum Gasteiger partial charge on any atom is -0.494 e. The van der Waals surface area contributed by atoms with E-state index in [1.165, 1.54) is 25.7 Å². The Morgan fingerprint density at radius 3 is 2.03 bits per heavy atom. The second-order valence-corrected chi connectivity index (χ2v) is 9.62. The number of unbranched alkanes of at least 4 members (excludes halogenated alkanes) is 7. The Morgan fingerprint density at radius 2 is 1.39 bits per heavy atom. The van der Waals surface area contributed by atoms with Crippen molar-refractivity contribution in [3.8, 4) is 5.75 Å². The normalized spacial score (nSPS) is 11.8. The molecule has 6 heteroatoms. The van der Waals surface area contributed by atoms with Gasteiger partial charge in [-0.1, -0.05) is 87.1 Å². The van der Waals surface area contributed by atoms with E-state index in [2.05, 4.69) is 5.32 Å². The van der Waals surface area contributed by atoms with Crippen LogP contribution >= 0.6 is 0 Å². The molecule has 198 valence electrons. The molecule has 0 radical (unpaired) electrons. The van der Waals surface area contributed by atoms with Gasteiger partial charge in [-0.05, 0) is 44.6 Å². The fraction of sp³-hybridized carbons (Fsp3) is 0.533. The van der Waals surface area contributed by atoms with Crippen molar-refractivity contribution >= 4 is 11.9 Å². The molecule has 0 heterocycles. The van der Waals surface area contributed by atoms with E-state index in [1.807, 2.05) is 79.7 Å². The Balaban J connectivity index is 1.49. The highest BCUT2D eigenvalue weighted by molar-refractivity contribution is 5.77. The number of hydrogen-bond acceptors (Lipinski definition) is 5. The molecule has 2 aromatic carbocycles. The van der Waals surface area contributed by atoms with Crippen molar-refractivity contribution in [2.75, 3.05) is 27.2 Å². The zero-order chi connectivity index (χ0) is 25.8. The molecule has 0 fully saturated rings. The Morgan fingerprint density at radius 1 is 0.806 bits per heavy atom. The molecule has 0 bridgehead atoms. The Hall–Kier alpha value is -2.86. The van der Waals surface area contributed by atoms with Crippen molar-refractivity contribution in [3.05, 3.63) is 66.2 Å². The van der Waals surface area contributed by atoms with Gasteiger partial charge in [0.1, 0.15) is 12.4 Å². The first-order chi connectivity index (χ1) is 17.5. The quantitative estimate of drug-likeness (QED) is 0.198. The lowest BCUT2D eigenvalue weighted by Gasteiger charge is -2.22. The van der Waals surface area contributed by atoms with E-state index in [9.17, 15) is 9.59 Å². The minimum atomic E-state index is -0.294. The van der Waals surface area contributed by atoms with Crippen LogP contribution in [0.2, 0.25) is 0 Å². The van der Waals surface area contributed by atoms with Crippen LogP contribution < -0.4 is 10.1 Å². The van der Waals surface area contributed by atoms with Crippen LogP contribution in [0.15, 0.2) is 60.7 Å². The number of benzene rings is 2. The van der Waals surface area contributed by atoms with Gasteiger partial charge in [-0.3, -0.25) is 9.59 Å². The summed E-state index contributed by atoms with van der Waals surface area (Å²) in [4.78, 5) is 26.7. The van der Waals surface area contributed by atoms with Crippen molar-refractivity contribution in [1.82, 2.24) is 10.2 Å². The lowest BCUT2D eigenvalue weighted by molar-refractivity contribution is -0.145. The predicted octanol–water partition coefficient (Wildman–Crippen LogP) is 5.76. The molecule has 0 aliphatic rings. The van der Waals surface area contributed by atoms with Crippen LogP contribution in [0, 0.1) is 0 Å². The highest BCUT2D eigenvalue weighted by Gasteiger charge is 2.18. The Bertz CT molecular complexity index is 843. The maximum Gasteiger partial charge on any atom is 0.308 e. The zero-order valence-electron chi connectivity index (χ0n) is 22.1. The van der Waals surface area contributed by atoms with Crippen molar-refractivity contribution in [2.45, 2.75) is 76.9 Å². The first-order valence-electron chi connectivity index (χ1n) is 13.3. The van der Waals surface area contributed by atoms with E-state index in [-0.39, 0.29) is 30.9 Å². The summed E-state index contributed by atoms with van der Waals surface area (Å²) in [5.41, 5.74) is 0.955.